The highest BCUT2D eigenvalue weighted by Crippen LogP contribution is 2.35. The molecule has 0 bridgehead atoms. The Kier molecular flexibility index (Phi) is 4.42. The zero-order valence-electron chi connectivity index (χ0n) is 12.0. The van der Waals surface area contributed by atoms with Crippen LogP contribution in [0.4, 0.5) is 0 Å². The molecule has 0 atom stereocenters. The van der Waals surface area contributed by atoms with Crippen LogP contribution in [0.5, 0.6) is 11.5 Å². The molecule has 110 valence electrons. The van der Waals surface area contributed by atoms with E-state index >= 15 is 0 Å². The monoisotopic (exact) mass is 288 g/mol. The molecule has 1 aromatic carbocycles. The van der Waals surface area contributed by atoms with E-state index in [-0.39, 0.29) is 19.0 Å². The van der Waals surface area contributed by atoms with Gasteiger partial charge in [-0.1, -0.05) is 12.7 Å². The molecule has 0 radical (unpaired) electrons. The summed E-state index contributed by atoms with van der Waals surface area (Å²) in [6.07, 6.45) is 1.48. The lowest BCUT2D eigenvalue weighted by atomic mass is 10.1. The molecule has 5 heteroatoms. The van der Waals surface area contributed by atoms with E-state index in [0.717, 1.165) is 5.57 Å². The summed E-state index contributed by atoms with van der Waals surface area (Å²) in [6.45, 7) is 7.01. The molecule has 5 nitrogen and oxygen atoms in total. The van der Waals surface area contributed by atoms with E-state index in [1.807, 2.05) is 13.8 Å². The number of carbonyl (C=O) groups excluding carboxylic acids is 2. The Morgan fingerprint density at radius 1 is 1.38 bits per heavy atom. The van der Waals surface area contributed by atoms with E-state index in [1.165, 1.54) is 6.08 Å². The number of fused-ring (bicyclic) bond motifs is 1. The van der Waals surface area contributed by atoms with E-state index in [1.54, 1.807) is 18.2 Å². The van der Waals surface area contributed by atoms with E-state index in [0.29, 0.717) is 22.8 Å². The maximum atomic E-state index is 12.0. The van der Waals surface area contributed by atoms with Crippen LogP contribution in [-0.2, 0) is 9.53 Å². The van der Waals surface area contributed by atoms with Crippen LogP contribution in [0, 0.1) is 0 Å². The van der Waals surface area contributed by atoms with Crippen molar-refractivity contribution in [3.05, 3.63) is 47.7 Å². The molecule has 0 aliphatic carbocycles. The number of esters is 1. The number of carbonyl (C=O) groups is 2. The third-order valence-electron chi connectivity index (χ3n) is 2.79. The van der Waals surface area contributed by atoms with Crippen molar-refractivity contribution in [2.75, 3.05) is 13.2 Å². The number of ketones is 1. The average Bonchev–Trinajstić information content (AvgIpc) is 2.80. The summed E-state index contributed by atoms with van der Waals surface area (Å²) in [6, 6.07) is 4.83. The highest BCUT2D eigenvalue weighted by Gasteiger charge is 2.28. The Labute approximate surface area is 122 Å². The lowest BCUT2D eigenvalue weighted by Gasteiger charge is -2.06. The van der Waals surface area contributed by atoms with E-state index in [9.17, 15) is 9.59 Å². The van der Waals surface area contributed by atoms with Gasteiger partial charge in [-0.05, 0) is 31.6 Å². The van der Waals surface area contributed by atoms with Crippen molar-refractivity contribution in [1.82, 2.24) is 0 Å². The van der Waals surface area contributed by atoms with Crippen molar-refractivity contribution in [1.29, 1.82) is 0 Å². The predicted molar refractivity (Wildman–Crippen MR) is 76.4 cm³/mol. The number of allylic oxidation sites excluding steroid dienone is 2. The minimum atomic E-state index is -0.489. The van der Waals surface area contributed by atoms with Crippen LogP contribution in [-0.4, -0.2) is 25.0 Å². The van der Waals surface area contributed by atoms with Crippen LogP contribution < -0.4 is 9.47 Å². The zero-order valence-corrected chi connectivity index (χ0v) is 12.0. The molecule has 1 aliphatic rings. The number of hydrogen-bond acceptors (Lipinski definition) is 5. The van der Waals surface area contributed by atoms with Crippen molar-refractivity contribution in [2.45, 2.75) is 13.8 Å². The molecule has 1 aliphatic heterocycles. The first-order chi connectivity index (χ1) is 10.0. The van der Waals surface area contributed by atoms with Gasteiger partial charge < -0.3 is 14.2 Å². The summed E-state index contributed by atoms with van der Waals surface area (Å²) in [5.41, 5.74) is 1.31. The summed E-state index contributed by atoms with van der Waals surface area (Å²) in [4.78, 5) is 23.3. The molecule has 0 saturated carbocycles. The van der Waals surface area contributed by atoms with Gasteiger partial charge in [-0.3, -0.25) is 4.79 Å². The first-order valence-electron chi connectivity index (χ1n) is 6.46. The fourth-order valence-electron chi connectivity index (χ4n) is 1.81. The molecule has 1 heterocycles. The fourth-order valence-corrected chi connectivity index (χ4v) is 1.81. The zero-order chi connectivity index (χ0) is 15.4. The van der Waals surface area contributed by atoms with E-state index < -0.39 is 5.97 Å². The third-order valence-corrected chi connectivity index (χ3v) is 2.79. The molecule has 0 fully saturated rings. The van der Waals surface area contributed by atoms with Crippen molar-refractivity contribution >= 4 is 11.8 Å². The second-order valence-electron chi connectivity index (χ2n) is 4.68. The average molecular weight is 288 g/mol. The standard InChI is InChI=1S/C16H16O5/c1-4-7-19-14(17)9-20-11-5-6-12-13(8-11)21-16(10(2)3)15(12)18/h4-6,8H,1,7,9H2,2-3H3. The lowest BCUT2D eigenvalue weighted by molar-refractivity contribution is -0.144. The summed E-state index contributed by atoms with van der Waals surface area (Å²) in [7, 11) is 0. The summed E-state index contributed by atoms with van der Waals surface area (Å²) in [5, 5.41) is 0. The molecule has 0 amide bonds. The van der Waals surface area contributed by atoms with Crippen molar-refractivity contribution < 1.29 is 23.8 Å². The Balaban J connectivity index is 2.05. The Morgan fingerprint density at radius 3 is 2.81 bits per heavy atom. The van der Waals surface area contributed by atoms with Gasteiger partial charge in [-0.2, -0.15) is 0 Å². The summed E-state index contributed by atoms with van der Waals surface area (Å²) < 4.78 is 15.6. The first-order valence-corrected chi connectivity index (χ1v) is 6.46. The Hall–Kier alpha value is -2.56. The number of rotatable bonds is 5. The lowest BCUT2D eigenvalue weighted by Crippen LogP contribution is -2.14. The molecule has 0 spiro atoms. The van der Waals surface area contributed by atoms with Crippen LogP contribution in [0.1, 0.15) is 24.2 Å². The second kappa shape index (κ2) is 6.26. The molecule has 2 rings (SSSR count). The third kappa shape index (κ3) is 3.31. The molecular weight excluding hydrogens is 272 g/mol. The number of ether oxygens (including phenoxy) is 3. The molecule has 0 unspecified atom stereocenters. The van der Waals surface area contributed by atoms with Gasteiger partial charge in [0, 0.05) is 6.07 Å². The largest absolute Gasteiger partial charge is 0.482 e. The van der Waals surface area contributed by atoms with Gasteiger partial charge in [0.25, 0.3) is 0 Å². The second-order valence-corrected chi connectivity index (χ2v) is 4.68. The molecular formula is C16H16O5. The number of benzene rings is 1. The van der Waals surface area contributed by atoms with Gasteiger partial charge in [-0.15, -0.1) is 0 Å². The quantitative estimate of drug-likeness (QED) is 0.473. The van der Waals surface area contributed by atoms with Gasteiger partial charge in [-0.25, -0.2) is 4.79 Å². The number of Topliss-reactive ketones (excluding diaryl/α,β-unsaturated/α-hetero) is 1. The predicted octanol–water partition coefficient (Wildman–Crippen LogP) is 2.66. The van der Waals surface area contributed by atoms with Crippen LogP contribution in [0.25, 0.3) is 0 Å². The Bertz CT molecular complexity index is 624. The molecule has 0 saturated heterocycles. The highest BCUT2D eigenvalue weighted by molar-refractivity contribution is 6.12. The molecule has 0 aromatic heterocycles. The van der Waals surface area contributed by atoms with Gasteiger partial charge in [0.2, 0.25) is 5.78 Å². The van der Waals surface area contributed by atoms with Crippen molar-refractivity contribution in [3.8, 4) is 11.5 Å². The first kappa shape index (κ1) is 14.8. The van der Waals surface area contributed by atoms with Crippen LogP contribution in [0.3, 0.4) is 0 Å². The highest BCUT2D eigenvalue weighted by atomic mass is 16.6. The summed E-state index contributed by atoms with van der Waals surface area (Å²) >= 11 is 0. The SMILES string of the molecule is C=CCOC(=O)COc1ccc2c(c1)OC(=C(C)C)C2=O. The normalized spacial score (nSPS) is 12.5. The van der Waals surface area contributed by atoms with E-state index in [2.05, 4.69) is 6.58 Å². The molecule has 21 heavy (non-hydrogen) atoms. The molecule has 1 aromatic rings. The topological polar surface area (TPSA) is 61.8 Å². The summed E-state index contributed by atoms with van der Waals surface area (Å²) in [5.74, 6) is 0.590. The van der Waals surface area contributed by atoms with E-state index in [4.69, 9.17) is 14.2 Å². The van der Waals surface area contributed by atoms with Gasteiger partial charge in [0.1, 0.15) is 18.1 Å². The minimum absolute atomic E-state index is 0.137. The van der Waals surface area contributed by atoms with Gasteiger partial charge in [0.15, 0.2) is 12.4 Å². The van der Waals surface area contributed by atoms with Gasteiger partial charge >= 0.3 is 5.97 Å². The van der Waals surface area contributed by atoms with Crippen LogP contribution in [0.15, 0.2) is 42.2 Å². The van der Waals surface area contributed by atoms with Crippen molar-refractivity contribution in [3.63, 3.8) is 0 Å². The minimum Gasteiger partial charge on any atom is -0.482 e. The molecule has 0 N–H and O–H groups in total. The van der Waals surface area contributed by atoms with Crippen molar-refractivity contribution in [2.24, 2.45) is 0 Å². The fraction of sp³-hybridized carbons (Fsp3) is 0.250. The Morgan fingerprint density at radius 2 is 2.14 bits per heavy atom. The smallest absolute Gasteiger partial charge is 0.344 e. The van der Waals surface area contributed by atoms with Crippen LogP contribution >= 0.6 is 0 Å². The van der Waals surface area contributed by atoms with Crippen LogP contribution in [0.2, 0.25) is 0 Å². The maximum Gasteiger partial charge on any atom is 0.344 e. The maximum absolute atomic E-state index is 12.0. The van der Waals surface area contributed by atoms with Gasteiger partial charge in [0.05, 0.1) is 5.56 Å². The number of hydrogen-bond donors (Lipinski definition) is 0.